The third-order valence-electron chi connectivity index (χ3n) is 3.51. The van der Waals surface area contributed by atoms with Gasteiger partial charge in [-0.05, 0) is 66.0 Å². The summed E-state index contributed by atoms with van der Waals surface area (Å²) in [6.07, 6.45) is 5.28. The molecular weight excluding hydrogens is 198 g/mol. The molecule has 1 aliphatic rings. The Morgan fingerprint density at radius 1 is 1.38 bits per heavy atom. The number of rotatable bonds is 8. The zero-order valence-electron chi connectivity index (χ0n) is 11.3. The average Bonchev–Trinajstić information content (AvgIpc) is 2.64. The smallest absolute Gasteiger partial charge is 0.0220 e. The quantitative estimate of drug-likeness (QED) is 0.632. The van der Waals surface area contributed by atoms with Gasteiger partial charge in [0.1, 0.15) is 0 Å². The molecule has 0 bridgehead atoms. The van der Waals surface area contributed by atoms with E-state index in [0.29, 0.717) is 0 Å². The minimum Gasteiger partial charge on any atom is -0.317 e. The summed E-state index contributed by atoms with van der Waals surface area (Å²) in [7, 11) is 4.51. The first-order valence-corrected chi connectivity index (χ1v) is 6.83. The van der Waals surface area contributed by atoms with Gasteiger partial charge in [0.05, 0.1) is 0 Å². The topological polar surface area (TPSA) is 18.5 Å². The van der Waals surface area contributed by atoms with Crippen molar-refractivity contribution in [2.75, 3.05) is 46.8 Å². The molecule has 0 aromatic heterocycles. The summed E-state index contributed by atoms with van der Waals surface area (Å²) in [6.45, 7) is 8.30. The zero-order chi connectivity index (χ0) is 11.8. The molecular formula is C13H29N3. The van der Waals surface area contributed by atoms with Gasteiger partial charge < -0.3 is 15.1 Å². The Labute approximate surface area is 101 Å². The van der Waals surface area contributed by atoms with E-state index in [2.05, 4.69) is 36.1 Å². The molecule has 0 radical (unpaired) electrons. The lowest BCUT2D eigenvalue weighted by molar-refractivity contribution is 0.218. The molecule has 96 valence electrons. The molecule has 0 saturated carbocycles. The van der Waals surface area contributed by atoms with E-state index >= 15 is 0 Å². The van der Waals surface area contributed by atoms with Crippen LogP contribution in [-0.2, 0) is 0 Å². The maximum atomic E-state index is 3.46. The summed E-state index contributed by atoms with van der Waals surface area (Å²) in [4.78, 5) is 4.99. The van der Waals surface area contributed by atoms with E-state index in [0.717, 1.165) is 12.6 Å². The minimum atomic E-state index is 0.800. The molecule has 0 amide bonds. The summed E-state index contributed by atoms with van der Waals surface area (Å²) >= 11 is 0. The van der Waals surface area contributed by atoms with Crippen LogP contribution in [0.25, 0.3) is 0 Å². The van der Waals surface area contributed by atoms with Gasteiger partial charge in [0.15, 0.2) is 0 Å². The van der Waals surface area contributed by atoms with E-state index in [9.17, 15) is 0 Å². The lowest BCUT2D eigenvalue weighted by Crippen LogP contribution is -2.37. The molecule has 1 atom stereocenters. The number of likely N-dealkylation sites (tertiary alicyclic amines) is 1. The van der Waals surface area contributed by atoms with Gasteiger partial charge in [-0.25, -0.2) is 0 Å². The summed E-state index contributed by atoms with van der Waals surface area (Å²) in [5.74, 6) is 0. The normalized spacial score (nSPS) is 22.1. The van der Waals surface area contributed by atoms with Gasteiger partial charge in [-0.15, -0.1) is 0 Å². The van der Waals surface area contributed by atoms with Gasteiger partial charge in [-0.1, -0.05) is 6.92 Å². The summed E-state index contributed by atoms with van der Waals surface area (Å²) in [5.41, 5.74) is 0. The second kappa shape index (κ2) is 8.04. The SMILES string of the molecule is CCCNCCCN(C)CC1CCCN1C. The number of nitrogens with one attached hydrogen (secondary N) is 1. The zero-order valence-corrected chi connectivity index (χ0v) is 11.3. The number of likely N-dealkylation sites (N-methyl/N-ethyl adjacent to an activating group) is 2. The number of nitrogens with zero attached hydrogens (tertiary/aromatic N) is 2. The molecule has 1 unspecified atom stereocenters. The molecule has 1 heterocycles. The van der Waals surface area contributed by atoms with Crippen LogP contribution < -0.4 is 5.32 Å². The van der Waals surface area contributed by atoms with Crippen molar-refractivity contribution in [3.05, 3.63) is 0 Å². The van der Waals surface area contributed by atoms with Crippen molar-refractivity contribution in [3.8, 4) is 0 Å². The standard InChI is InChI=1S/C13H29N3/c1-4-8-14-9-6-10-15(2)12-13-7-5-11-16(13)3/h13-14H,4-12H2,1-3H3. The Hall–Kier alpha value is -0.120. The fourth-order valence-electron chi connectivity index (χ4n) is 2.44. The molecule has 0 aromatic carbocycles. The summed E-state index contributed by atoms with van der Waals surface area (Å²) in [5, 5.41) is 3.46. The lowest BCUT2D eigenvalue weighted by Gasteiger charge is -2.25. The molecule has 3 heteroatoms. The molecule has 1 fully saturated rings. The van der Waals surface area contributed by atoms with Gasteiger partial charge in [-0.3, -0.25) is 0 Å². The average molecular weight is 227 g/mol. The van der Waals surface area contributed by atoms with Gasteiger partial charge in [0.2, 0.25) is 0 Å². The van der Waals surface area contributed by atoms with Gasteiger partial charge in [-0.2, -0.15) is 0 Å². The van der Waals surface area contributed by atoms with Crippen molar-refractivity contribution in [3.63, 3.8) is 0 Å². The molecule has 1 aliphatic heterocycles. The molecule has 1 N–H and O–H groups in total. The van der Waals surface area contributed by atoms with E-state index in [-0.39, 0.29) is 0 Å². The monoisotopic (exact) mass is 227 g/mol. The second-order valence-corrected chi connectivity index (χ2v) is 5.14. The van der Waals surface area contributed by atoms with E-state index in [4.69, 9.17) is 0 Å². The summed E-state index contributed by atoms with van der Waals surface area (Å²) in [6, 6.07) is 0.800. The third-order valence-corrected chi connectivity index (χ3v) is 3.51. The fraction of sp³-hybridized carbons (Fsp3) is 1.00. The Balaban J connectivity index is 1.99. The van der Waals surface area contributed by atoms with E-state index in [1.165, 1.54) is 51.9 Å². The van der Waals surface area contributed by atoms with Crippen LogP contribution in [0.1, 0.15) is 32.6 Å². The Bertz CT molecular complexity index is 173. The fourth-order valence-corrected chi connectivity index (χ4v) is 2.44. The van der Waals surface area contributed by atoms with Crippen molar-refractivity contribution in [2.45, 2.75) is 38.6 Å². The van der Waals surface area contributed by atoms with Crippen molar-refractivity contribution >= 4 is 0 Å². The van der Waals surface area contributed by atoms with Crippen molar-refractivity contribution in [2.24, 2.45) is 0 Å². The van der Waals surface area contributed by atoms with Gasteiger partial charge in [0, 0.05) is 12.6 Å². The number of hydrogen-bond donors (Lipinski definition) is 1. The highest BCUT2D eigenvalue weighted by molar-refractivity contribution is 4.78. The van der Waals surface area contributed by atoms with Gasteiger partial charge >= 0.3 is 0 Å². The van der Waals surface area contributed by atoms with Crippen LogP contribution in [0, 0.1) is 0 Å². The highest BCUT2D eigenvalue weighted by Gasteiger charge is 2.21. The van der Waals surface area contributed by atoms with Crippen molar-refractivity contribution in [1.82, 2.24) is 15.1 Å². The second-order valence-electron chi connectivity index (χ2n) is 5.14. The van der Waals surface area contributed by atoms with E-state index in [1.54, 1.807) is 0 Å². The maximum Gasteiger partial charge on any atom is 0.0220 e. The van der Waals surface area contributed by atoms with Crippen LogP contribution in [0.4, 0.5) is 0 Å². The highest BCUT2D eigenvalue weighted by atomic mass is 15.2. The maximum absolute atomic E-state index is 3.46. The summed E-state index contributed by atoms with van der Waals surface area (Å²) < 4.78 is 0. The van der Waals surface area contributed by atoms with Crippen molar-refractivity contribution < 1.29 is 0 Å². The largest absolute Gasteiger partial charge is 0.317 e. The van der Waals surface area contributed by atoms with Crippen LogP contribution in [0.2, 0.25) is 0 Å². The molecule has 0 aliphatic carbocycles. The third kappa shape index (κ3) is 5.28. The van der Waals surface area contributed by atoms with E-state index in [1.807, 2.05) is 0 Å². The van der Waals surface area contributed by atoms with Crippen LogP contribution in [0.3, 0.4) is 0 Å². The number of hydrogen-bond acceptors (Lipinski definition) is 3. The Morgan fingerprint density at radius 3 is 2.81 bits per heavy atom. The first-order chi connectivity index (χ1) is 7.74. The minimum absolute atomic E-state index is 0.800. The van der Waals surface area contributed by atoms with Crippen LogP contribution >= 0.6 is 0 Å². The van der Waals surface area contributed by atoms with Crippen molar-refractivity contribution in [1.29, 1.82) is 0 Å². The Kier molecular flexibility index (Phi) is 7.01. The van der Waals surface area contributed by atoms with E-state index < -0.39 is 0 Å². The first-order valence-electron chi connectivity index (χ1n) is 6.83. The van der Waals surface area contributed by atoms with Crippen LogP contribution in [0.15, 0.2) is 0 Å². The molecule has 3 nitrogen and oxygen atoms in total. The predicted molar refractivity (Wildman–Crippen MR) is 70.9 cm³/mol. The molecule has 16 heavy (non-hydrogen) atoms. The van der Waals surface area contributed by atoms with Crippen LogP contribution in [0.5, 0.6) is 0 Å². The lowest BCUT2D eigenvalue weighted by atomic mass is 10.2. The van der Waals surface area contributed by atoms with Crippen LogP contribution in [-0.4, -0.2) is 62.7 Å². The molecule has 0 spiro atoms. The highest BCUT2D eigenvalue weighted by Crippen LogP contribution is 2.15. The molecule has 0 aromatic rings. The molecule has 1 rings (SSSR count). The van der Waals surface area contributed by atoms with Gasteiger partial charge in [0.25, 0.3) is 0 Å². The molecule has 1 saturated heterocycles. The predicted octanol–water partition coefficient (Wildman–Crippen LogP) is 1.40. The first kappa shape index (κ1) is 13.9. The Morgan fingerprint density at radius 2 is 2.19 bits per heavy atom.